The van der Waals surface area contributed by atoms with Crippen molar-refractivity contribution in [2.75, 3.05) is 0 Å². The summed E-state index contributed by atoms with van der Waals surface area (Å²) in [6.07, 6.45) is 0. The normalized spacial score (nSPS) is 27.0. The molecule has 2 N–H and O–H groups in total. The minimum atomic E-state index is -1.12. The number of nitriles is 1. The topological polar surface area (TPSA) is 73.1 Å². The van der Waals surface area contributed by atoms with E-state index in [4.69, 9.17) is 23.2 Å². The molecule has 6 heteroatoms. The quantitative estimate of drug-likeness (QED) is 0.818. The van der Waals surface area contributed by atoms with Crippen LogP contribution in [0.5, 0.6) is 0 Å². The number of hydrogen-bond donors (Lipinski definition) is 2. The molecule has 0 unspecified atom stereocenters. The summed E-state index contributed by atoms with van der Waals surface area (Å²) in [6, 6.07) is 15.6. The van der Waals surface area contributed by atoms with Crippen molar-refractivity contribution in [3.63, 3.8) is 0 Å². The highest BCUT2D eigenvalue weighted by Crippen LogP contribution is 2.53. The van der Waals surface area contributed by atoms with Crippen molar-refractivity contribution in [1.82, 2.24) is 5.32 Å². The molecule has 1 heterocycles. The van der Waals surface area contributed by atoms with Gasteiger partial charge in [-0.25, -0.2) is 0 Å². The molecule has 1 fully saturated rings. The lowest BCUT2D eigenvalue weighted by Crippen LogP contribution is -2.50. The van der Waals surface area contributed by atoms with E-state index in [1.807, 2.05) is 19.9 Å². The monoisotopic (exact) mass is 388 g/mol. The van der Waals surface area contributed by atoms with Crippen LogP contribution in [0.25, 0.3) is 0 Å². The van der Waals surface area contributed by atoms with Gasteiger partial charge >= 0.3 is 5.97 Å². The molecule has 1 aliphatic heterocycles. The van der Waals surface area contributed by atoms with Crippen molar-refractivity contribution < 1.29 is 9.90 Å². The predicted molar refractivity (Wildman–Crippen MR) is 102 cm³/mol. The number of halogens is 2. The summed E-state index contributed by atoms with van der Waals surface area (Å²) in [6.45, 7) is 3.70. The second-order valence-corrected chi connectivity index (χ2v) is 7.92. The fraction of sp³-hybridized carbons (Fsp3) is 0.300. The van der Waals surface area contributed by atoms with Gasteiger partial charge in [-0.2, -0.15) is 5.26 Å². The van der Waals surface area contributed by atoms with Crippen LogP contribution in [0.1, 0.15) is 30.9 Å². The highest BCUT2D eigenvalue weighted by molar-refractivity contribution is 6.30. The first-order valence-electron chi connectivity index (χ1n) is 8.16. The van der Waals surface area contributed by atoms with E-state index in [-0.39, 0.29) is 0 Å². The average molecular weight is 389 g/mol. The Kier molecular flexibility index (Phi) is 4.74. The minimum Gasteiger partial charge on any atom is -0.480 e. The Hall–Kier alpha value is -2.06. The van der Waals surface area contributed by atoms with E-state index in [2.05, 4.69) is 11.4 Å². The second-order valence-electron chi connectivity index (χ2n) is 7.04. The van der Waals surface area contributed by atoms with Crippen molar-refractivity contribution in [2.24, 2.45) is 0 Å². The maximum atomic E-state index is 12.0. The number of aliphatic carboxylic acids is 1. The number of benzene rings is 2. The van der Waals surface area contributed by atoms with Crippen molar-refractivity contribution >= 4 is 29.2 Å². The van der Waals surface area contributed by atoms with Gasteiger partial charge in [0.05, 0.1) is 6.07 Å². The molecule has 1 saturated heterocycles. The lowest BCUT2D eigenvalue weighted by atomic mass is 9.60. The summed E-state index contributed by atoms with van der Waals surface area (Å²) in [5.41, 5.74) is -0.494. The van der Waals surface area contributed by atoms with Crippen molar-refractivity contribution in [2.45, 2.75) is 36.8 Å². The first-order valence-corrected chi connectivity index (χ1v) is 8.92. The molecule has 3 rings (SSSR count). The second kappa shape index (κ2) is 6.59. The fourth-order valence-corrected chi connectivity index (χ4v) is 4.42. The van der Waals surface area contributed by atoms with Crippen molar-refractivity contribution in [3.05, 3.63) is 69.7 Å². The summed E-state index contributed by atoms with van der Waals surface area (Å²) >= 11 is 12.2. The molecule has 0 radical (unpaired) electrons. The fourth-order valence-electron chi connectivity index (χ4n) is 4.10. The van der Waals surface area contributed by atoms with E-state index < -0.39 is 28.9 Å². The smallest absolute Gasteiger partial charge is 0.321 e. The molecule has 2 aromatic rings. The Bertz CT molecular complexity index is 889. The molecule has 26 heavy (non-hydrogen) atoms. The highest BCUT2D eigenvalue weighted by Gasteiger charge is 2.63. The number of hydrogen-bond acceptors (Lipinski definition) is 3. The molecule has 134 valence electrons. The number of carboxylic acids is 1. The van der Waals surface area contributed by atoms with Crippen LogP contribution in [-0.4, -0.2) is 22.7 Å². The summed E-state index contributed by atoms with van der Waals surface area (Å²) in [5.74, 6) is -1.63. The Balaban J connectivity index is 2.31. The van der Waals surface area contributed by atoms with Crippen LogP contribution in [0.3, 0.4) is 0 Å². The summed E-state index contributed by atoms with van der Waals surface area (Å²) < 4.78 is 0. The summed E-state index contributed by atoms with van der Waals surface area (Å²) in [5, 5.41) is 24.4. The third kappa shape index (κ3) is 2.77. The first kappa shape index (κ1) is 18.7. The molecule has 0 aromatic heterocycles. The van der Waals surface area contributed by atoms with Crippen LogP contribution in [0.15, 0.2) is 48.5 Å². The Morgan fingerprint density at radius 1 is 1.15 bits per heavy atom. The van der Waals surface area contributed by atoms with Crippen LogP contribution >= 0.6 is 23.2 Å². The molecule has 0 spiro atoms. The minimum absolute atomic E-state index is 0.499. The maximum absolute atomic E-state index is 12.0. The zero-order valence-corrected chi connectivity index (χ0v) is 15.8. The standard InChI is InChI=1S/C20H18Cl2N2O2/c1-19(2)20(11-23,13-6-8-14(21)9-7-13)16(17(24-19)18(25)26)12-4-3-5-15(22)10-12/h3-10,16-17,24H,1-2H3,(H,25,26)/t16-,17+,20+/m0/s1. The van der Waals surface area contributed by atoms with Crippen LogP contribution in [0, 0.1) is 11.3 Å². The third-order valence-electron chi connectivity index (χ3n) is 5.25. The molecule has 4 nitrogen and oxygen atoms in total. The highest BCUT2D eigenvalue weighted by atomic mass is 35.5. The molecule has 0 aliphatic carbocycles. The van der Waals surface area contributed by atoms with E-state index in [0.29, 0.717) is 15.6 Å². The Morgan fingerprint density at radius 2 is 1.81 bits per heavy atom. The lowest BCUT2D eigenvalue weighted by Gasteiger charge is -2.39. The molecule has 1 aliphatic rings. The van der Waals surface area contributed by atoms with Crippen LogP contribution in [-0.2, 0) is 10.2 Å². The van der Waals surface area contributed by atoms with Crippen LogP contribution in [0.4, 0.5) is 0 Å². The molecule has 0 bridgehead atoms. The summed E-state index contributed by atoms with van der Waals surface area (Å²) in [4.78, 5) is 12.0. The van der Waals surface area contributed by atoms with E-state index in [0.717, 1.165) is 5.56 Å². The zero-order chi connectivity index (χ0) is 19.1. The van der Waals surface area contributed by atoms with Gasteiger partial charge in [-0.3, -0.25) is 10.1 Å². The van der Waals surface area contributed by atoms with Crippen LogP contribution < -0.4 is 5.32 Å². The first-order chi connectivity index (χ1) is 12.2. The van der Waals surface area contributed by atoms with Crippen molar-refractivity contribution in [3.8, 4) is 6.07 Å². The van der Waals surface area contributed by atoms with Gasteiger partial charge in [0.2, 0.25) is 0 Å². The number of rotatable bonds is 3. The van der Waals surface area contributed by atoms with Gasteiger partial charge in [-0.1, -0.05) is 47.5 Å². The third-order valence-corrected chi connectivity index (χ3v) is 5.74. The van der Waals surface area contributed by atoms with Gasteiger partial charge in [-0.05, 0) is 49.2 Å². The van der Waals surface area contributed by atoms with E-state index >= 15 is 0 Å². The maximum Gasteiger partial charge on any atom is 0.321 e. The molecular weight excluding hydrogens is 371 g/mol. The van der Waals surface area contributed by atoms with Crippen molar-refractivity contribution in [1.29, 1.82) is 5.26 Å². The zero-order valence-electron chi connectivity index (χ0n) is 14.3. The number of nitrogens with one attached hydrogen (secondary N) is 1. The largest absolute Gasteiger partial charge is 0.480 e. The van der Waals surface area contributed by atoms with E-state index in [1.165, 1.54) is 0 Å². The average Bonchev–Trinajstić information content (AvgIpc) is 2.83. The summed E-state index contributed by atoms with van der Waals surface area (Å²) in [7, 11) is 0. The Morgan fingerprint density at radius 3 is 2.35 bits per heavy atom. The molecule has 3 atom stereocenters. The van der Waals surface area contributed by atoms with Gasteiger partial charge in [0.1, 0.15) is 11.5 Å². The van der Waals surface area contributed by atoms with Gasteiger partial charge in [0.15, 0.2) is 0 Å². The molecule has 0 saturated carbocycles. The molecule has 0 amide bonds. The number of carboxylic acid groups (broad SMARTS) is 1. The molecular formula is C20H18Cl2N2O2. The van der Waals surface area contributed by atoms with E-state index in [9.17, 15) is 15.2 Å². The van der Waals surface area contributed by atoms with Gasteiger partial charge in [0.25, 0.3) is 0 Å². The van der Waals surface area contributed by atoms with Crippen LogP contribution in [0.2, 0.25) is 10.0 Å². The lowest BCUT2D eigenvalue weighted by molar-refractivity contribution is -0.139. The van der Waals surface area contributed by atoms with Gasteiger partial charge in [0, 0.05) is 21.5 Å². The SMILES string of the molecule is CC1(C)N[C@@H](C(=O)O)[C@H](c2cccc(Cl)c2)[C@@]1(C#N)c1ccc(Cl)cc1. The predicted octanol–water partition coefficient (Wildman–Crippen LogP) is 4.37. The number of carbonyl (C=O) groups is 1. The number of nitrogens with zero attached hydrogens (tertiary/aromatic N) is 1. The van der Waals surface area contributed by atoms with E-state index in [1.54, 1.807) is 42.5 Å². The molecule has 2 aromatic carbocycles. The Labute approximate surface area is 162 Å². The van der Waals surface area contributed by atoms with Gasteiger partial charge in [-0.15, -0.1) is 0 Å². The van der Waals surface area contributed by atoms with Gasteiger partial charge < -0.3 is 5.11 Å².